The summed E-state index contributed by atoms with van der Waals surface area (Å²) in [5, 5.41) is 0. The zero-order valence-electron chi connectivity index (χ0n) is 11.0. The van der Waals surface area contributed by atoms with Crippen LogP contribution in [0.5, 0.6) is 5.75 Å². The number of nitrogens with two attached hydrogens (primary N) is 1. The Bertz CT molecular complexity index is 537. The summed E-state index contributed by atoms with van der Waals surface area (Å²) < 4.78 is 19.2. The molecule has 0 aliphatic heterocycles. The van der Waals surface area contributed by atoms with Crippen LogP contribution >= 0.6 is 0 Å². The van der Waals surface area contributed by atoms with Gasteiger partial charge in [-0.3, -0.25) is 0 Å². The topological polar surface area (TPSA) is 35.2 Å². The van der Waals surface area contributed by atoms with Gasteiger partial charge >= 0.3 is 0 Å². The molecule has 0 heterocycles. The standard InChI is InChI=1S/C16H18FNO/c1-2-12-3-5-13(6-4-12)11-19-16-8-7-14(10-18)9-15(16)17/h3-9H,2,10-11,18H2,1H3. The molecule has 0 radical (unpaired) electrons. The van der Waals surface area contributed by atoms with Crippen LogP contribution in [0.3, 0.4) is 0 Å². The number of aryl methyl sites for hydroxylation is 1. The van der Waals surface area contributed by atoms with Gasteiger partial charge in [-0.15, -0.1) is 0 Å². The molecule has 0 bridgehead atoms. The lowest BCUT2D eigenvalue weighted by atomic mass is 10.1. The van der Waals surface area contributed by atoms with Crippen molar-refractivity contribution >= 4 is 0 Å². The molecule has 2 aromatic carbocycles. The maximum Gasteiger partial charge on any atom is 0.165 e. The highest BCUT2D eigenvalue weighted by Gasteiger charge is 2.04. The summed E-state index contributed by atoms with van der Waals surface area (Å²) in [5.74, 6) is -0.107. The van der Waals surface area contributed by atoms with E-state index in [1.54, 1.807) is 12.1 Å². The van der Waals surface area contributed by atoms with E-state index in [0.29, 0.717) is 13.2 Å². The van der Waals surface area contributed by atoms with E-state index in [0.717, 1.165) is 17.5 Å². The van der Waals surface area contributed by atoms with Gasteiger partial charge in [0.05, 0.1) is 0 Å². The minimum atomic E-state index is -0.367. The van der Waals surface area contributed by atoms with Crippen molar-refractivity contribution in [3.63, 3.8) is 0 Å². The molecule has 2 aromatic rings. The van der Waals surface area contributed by atoms with Crippen LogP contribution in [0.1, 0.15) is 23.6 Å². The molecule has 0 unspecified atom stereocenters. The van der Waals surface area contributed by atoms with Crippen LogP contribution in [0.25, 0.3) is 0 Å². The molecule has 0 aliphatic carbocycles. The minimum Gasteiger partial charge on any atom is -0.486 e. The fourth-order valence-corrected chi connectivity index (χ4v) is 1.82. The van der Waals surface area contributed by atoms with Crippen LogP contribution in [0.2, 0.25) is 0 Å². The van der Waals surface area contributed by atoms with Gasteiger partial charge in [0.1, 0.15) is 6.61 Å². The van der Waals surface area contributed by atoms with Crippen LogP contribution in [-0.4, -0.2) is 0 Å². The number of rotatable bonds is 5. The Balaban J connectivity index is 2.01. The highest BCUT2D eigenvalue weighted by atomic mass is 19.1. The third-order valence-corrected chi connectivity index (χ3v) is 3.06. The Labute approximate surface area is 113 Å². The van der Waals surface area contributed by atoms with Crippen molar-refractivity contribution < 1.29 is 9.13 Å². The fourth-order valence-electron chi connectivity index (χ4n) is 1.82. The molecule has 0 amide bonds. The zero-order chi connectivity index (χ0) is 13.7. The van der Waals surface area contributed by atoms with Gasteiger partial charge in [0.2, 0.25) is 0 Å². The monoisotopic (exact) mass is 259 g/mol. The lowest BCUT2D eigenvalue weighted by Gasteiger charge is -2.08. The first-order valence-electron chi connectivity index (χ1n) is 6.42. The van der Waals surface area contributed by atoms with Crippen LogP contribution in [0.15, 0.2) is 42.5 Å². The van der Waals surface area contributed by atoms with Gasteiger partial charge in [0.15, 0.2) is 11.6 Å². The van der Waals surface area contributed by atoms with Gasteiger partial charge in [0, 0.05) is 6.54 Å². The Morgan fingerprint density at radius 1 is 1.00 bits per heavy atom. The summed E-state index contributed by atoms with van der Waals surface area (Å²) in [7, 11) is 0. The summed E-state index contributed by atoms with van der Waals surface area (Å²) in [6.07, 6.45) is 1.01. The second-order valence-electron chi connectivity index (χ2n) is 4.43. The van der Waals surface area contributed by atoms with Crippen molar-refractivity contribution in [2.75, 3.05) is 0 Å². The third-order valence-electron chi connectivity index (χ3n) is 3.06. The predicted molar refractivity (Wildman–Crippen MR) is 74.4 cm³/mol. The van der Waals surface area contributed by atoms with E-state index in [9.17, 15) is 4.39 Å². The maximum absolute atomic E-state index is 13.7. The Morgan fingerprint density at radius 3 is 2.21 bits per heavy atom. The molecule has 0 saturated heterocycles. The first kappa shape index (κ1) is 13.6. The van der Waals surface area contributed by atoms with Crippen molar-refractivity contribution in [2.45, 2.75) is 26.5 Å². The van der Waals surface area contributed by atoms with Crippen molar-refractivity contribution in [1.29, 1.82) is 0 Å². The molecule has 2 N–H and O–H groups in total. The minimum absolute atomic E-state index is 0.261. The molecule has 100 valence electrons. The Kier molecular flexibility index (Phi) is 4.53. The lowest BCUT2D eigenvalue weighted by molar-refractivity contribution is 0.290. The van der Waals surface area contributed by atoms with Crippen molar-refractivity contribution in [2.24, 2.45) is 5.73 Å². The van der Waals surface area contributed by atoms with E-state index in [4.69, 9.17) is 10.5 Å². The first-order valence-corrected chi connectivity index (χ1v) is 6.42. The van der Waals surface area contributed by atoms with Crippen molar-refractivity contribution in [3.05, 3.63) is 65.0 Å². The van der Waals surface area contributed by atoms with Crippen LogP contribution in [0, 0.1) is 5.82 Å². The van der Waals surface area contributed by atoms with Gasteiger partial charge in [-0.1, -0.05) is 37.3 Å². The van der Waals surface area contributed by atoms with Gasteiger partial charge in [-0.2, -0.15) is 0 Å². The first-order chi connectivity index (χ1) is 9.22. The van der Waals surface area contributed by atoms with Crippen LogP contribution < -0.4 is 10.5 Å². The zero-order valence-corrected chi connectivity index (χ0v) is 11.0. The Hall–Kier alpha value is -1.87. The molecule has 0 aliphatic rings. The van der Waals surface area contributed by atoms with Crippen LogP contribution in [0.4, 0.5) is 4.39 Å². The summed E-state index contributed by atoms with van der Waals surface area (Å²) in [6, 6.07) is 12.9. The number of hydrogen-bond donors (Lipinski definition) is 1. The molecule has 0 saturated carbocycles. The molecule has 19 heavy (non-hydrogen) atoms. The number of benzene rings is 2. The SMILES string of the molecule is CCc1ccc(COc2ccc(CN)cc2F)cc1. The van der Waals surface area contributed by atoms with Crippen molar-refractivity contribution in [1.82, 2.24) is 0 Å². The molecule has 3 heteroatoms. The van der Waals surface area contributed by atoms with E-state index in [2.05, 4.69) is 19.1 Å². The molecule has 2 nitrogen and oxygen atoms in total. The Morgan fingerprint density at radius 2 is 1.63 bits per heavy atom. The van der Waals surface area contributed by atoms with Gasteiger partial charge in [-0.05, 0) is 35.2 Å². The van der Waals surface area contributed by atoms with Crippen LogP contribution in [-0.2, 0) is 19.6 Å². The molecule has 0 spiro atoms. The average Bonchev–Trinajstić information content (AvgIpc) is 2.46. The molecule has 0 atom stereocenters. The molecule has 0 fully saturated rings. The van der Waals surface area contributed by atoms with E-state index >= 15 is 0 Å². The number of halogens is 1. The fraction of sp³-hybridized carbons (Fsp3) is 0.250. The largest absolute Gasteiger partial charge is 0.486 e. The summed E-state index contributed by atoms with van der Waals surface area (Å²) in [4.78, 5) is 0. The molecular weight excluding hydrogens is 241 g/mol. The highest BCUT2D eigenvalue weighted by Crippen LogP contribution is 2.19. The molecule has 2 rings (SSSR count). The van der Waals surface area contributed by atoms with Gasteiger partial charge in [-0.25, -0.2) is 4.39 Å². The third kappa shape index (κ3) is 3.55. The normalized spacial score (nSPS) is 10.5. The molecule has 0 aromatic heterocycles. The smallest absolute Gasteiger partial charge is 0.165 e. The quantitative estimate of drug-likeness (QED) is 0.893. The van der Waals surface area contributed by atoms with E-state index in [-0.39, 0.29) is 11.6 Å². The summed E-state index contributed by atoms with van der Waals surface area (Å²) in [6.45, 7) is 2.80. The number of ether oxygens (including phenoxy) is 1. The summed E-state index contributed by atoms with van der Waals surface area (Å²) in [5.41, 5.74) is 8.52. The van der Waals surface area contributed by atoms with E-state index < -0.39 is 0 Å². The number of hydrogen-bond acceptors (Lipinski definition) is 2. The maximum atomic E-state index is 13.7. The second-order valence-corrected chi connectivity index (χ2v) is 4.43. The van der Waals surface area contributed by atoms with Crippen molar-refractivity contribution in [3.8, 4) is 5.75 Å². The second kappa shape index (κ2) is 6.34. The lowest BCUT2D eigenvalue weighted by Crippen LogP contribution is -2.00. The van der Waals surface area contributed by atoms with Gasteiger partial charge < -0.3 is 10.5 Å². The molecular formula is C16H18FNO. The summed E-state index contributed by atoms with van der Waals surface area (Å²) >= 11 is 0. The van der Waals surface area contributed by atoms with Gasteiger partial charge in [0.25, 0.3) is 0 Å². The van der Waals surface area contributed by atoms with E-state index in [1.807, 2.05) is 12.1 Å². The van der Waals surface area contributed by atoms with E-state index in [1.165, 1.54) is 11.6 Å². The highest BCUT2D eigenvalue weighted by molar-refractivity contribution is 5.30. The average molecular weight is 259 g/mol. The predicted octanol–water partition coefficient (Wildman–Crippen LogP) is 3.43.